The average molecular weight is 256 g/mol. The van der Waals surface area contributed by atoms with Crippen molar-refractivity contribution in [3.05, 3.63) is 27.5 Å². The fourth-order valence-corrected chi connectivity index (χ4v) is 2.17. The Kier molecular flexibility index (Phi) is 3.40. The van der Waals surface area contributed by atoms with Gasteiger partial charge in [0.25, 0.3) is 5.56 Å². The molecule has 6 N–H and O–H groups in total. The maximum absolute atomic E-state index is 11.7. The zero-order valence-electron chi connectivity index (χ0n) is 9.79. The molecule has 2 rings (SSSR count). The van der Waals surface area contributed by atoms with Crippen molar-refractivity contribution in [2.24, 2.45) is 0 Å². The number of aryl methyl sites for hydroxylation is 1. The van der Waals surface area contributed by atoms with Crippen LogP contribution in [0.2, 0.25) is 0 Å². The summed E-state index contributed by atoms with van der Waals surface area (Å²) in [7, 11) is 0. The molecule has 7 nitrogen and oxygen atoms in total. The van der Waals surface area contributed by atoms with E-state index in [2.05, 4.69) is 10.3 Å². The summed E-state index contributed by atoms with van der Waals surface area (Å²) in [4.78, 5) is 14.0. The Balaban J connectivity index is 2.39. The fourth-order valence-electron chi connectivity index (χ4n) is 2.17. The lowest BCUT2D eigenvalue weighted by molar-refractivity contribution is 0.0193. The van der Waals surface area contributed by atoms with E-state index in [1.54, 1.807) is 6.92 Å². The number of aromatic amines is 1. The molecule has 0 aliphatic carbocycles. The Hall–Kier alpha value is -1.41. The predicted molar refractivity (Wildman–Crippen MR) is 62.2 cm³/mol. The quantitative estimate of drug-likeness (QED) is 0.367. The number of hydrogen-bond acceptors (Lipinski definition) is 6. The van der Waals surface area contributed by atoms with Crippen molar-refractivity contribution in [3.8, 4) is 5.88 Å². The summed E-state index contributed by atoms with van der Waals surface area (Å²) in [6.45, 7) is 1.26. The minimum absolute atomic E-state index is 0.216. The van der Waals surface area contributed by atoms with Crippen LogP contribution >= 0.6 is 0 Å². The maximum Gasteiger partial charge on any atom is 0.255 e. The molecule has 1 aromatic heterocycles. The number of H-pyrrole nitrogens is 1. The lowest BCUT2D eigenvalue weighted by atomic mass is 10.0. The van der Waals surface area contributed by atoms with Gasteiger partial charge in [-0.15, -0.1) is 0 Å². The number of aromatic nitrogens is 1. The summed E-state index contributed by atoms with van der Waals surface area (Å²) in [5.74, 6) is -0.226. The lowest BCUT2D eigenvalue weighted by Crippen LogP contribution is -2.36. The molecule has 1 fully saturated rings. The highest BCUT2D eigenvalue weighted by Gasteiger charge is 2.42. The van der Waals surface area contributed by atoms with Crippen LogP contribution in [-0.4, -0.2) is 50.3 Å². The Morgan fingerprint density at radius 2 is 2.00 bits per heavy atom. The number of pyridine rings is 1. The predicted octanol–water partition coefficient (Wildman–Crippen LogP) is -1.88. The van der Waals surface area contributed by atoms with E-state index in [1.807, 2.05) is 0 Å². The molecule has 0 amide bonds. The molecule has 18 heavy (non-hydrogen) atoms. The summed E-state index contributed by atoms with van der Waals surface area (Å²) in [6.07, 6.45) is -2.33. The summed E-state index contributed by atoms with van der Waals surface area (Å²) >= 11 is 0. The molecule has 1 aliphatic heterocycles. The SMILES string of the molecule is Cc1cc(C2NC(CO)C(O)C2O)c(=O)[nH]c1O. The number of nitrogens with one attached hydrogen (secondary N) is 2. The molecule has 1 aliphatic rings. The first kappa shape index (κ1) is 13.0. The van der Waals surface area contributed by atoms with Gasteiger partial charge in [-0.25, -0.2) is 0 Å². The Bertz CT molecular complexity index is 501. The number of aliphatic hydroxyl groups excluding tert-OH is 3. The number of aliphatic hydroxyl groups is 3. The first-order valence-electron chi connectivity index (χ1n) is 5.61. The van der Waals surface area contributed by atoms with Gasteiger partial charge in [0.2, 0.25) is 0 Å². The van der Waals surface area contributed by atoms with Crippen molar-refractivity contribution in [3.63, 3.8) is 0 Å². The van der Waals surface area contributed by atoms with Gasteiger partial charge in [-0.2, -0.15) is 0 Å². The molecule has 0 spiro atoms. The third-order valence-electron chi connectivity index (χ3n) is 3.27. The number of rotatable bonds is 2. The molecule has 0 bridgehead atoms. The molecule has 0 saturated carbocycles. The highest BCUT2D eigenvalue weighted by Crippen LogP contribution is 2.26. The van der Waals surface area contributed by atoms with E-state index in [0.717, 1.165) is 0 Å². The van der Waals surface area contributed by atoms with Crippen molar-refractivity contribution in [2.45, 2.75) is 31.2 Å². The van der Waals surface area contributed by atoms with E-state index in [0.29, 0.717) is 5.56 Å². The zero-order chi connectivity index (χ0) is 13.4. The van der Waals surface area contributed by atoms with Crippen molar-refractivity contribution in [1.82, 2.24) is 10.3 Å². The first-order chi connectivity index (χ1) is 8.45. The molecule has 0 radical (unpaired) electrons. The van der Waals surface area contributed by atoms with Gasteiger partial charge < -0.3 is 25.7 Å². The second-order valence-electron chi connectivity index (χ2n) is 4.50. The van der Waals surface area contributed by atoms with Crippen molar-refractivity contribution in [1.29, 1.82) is 0 Å². The molecule has 4 unspecified atom stereocenters. The smallest absolute Gasteiger partial charge is 0.255 e. The highest BCUT2D eigenvalue weighted by molar-refractivity contribution is 5.31. The van der Waals surface area contributed by atoms with Gasteiger partial charge in [-0.1, -0.05) is 0 Å². The second kappa shape index (κ2) is 4.69. The molecule has 0 aromatic carbocycles. The second-order valence-corrected chi connectivity index (χ2v) is 4.50. The van der Waals surface area contributed by atoms with Gasteiger partial charge in [-0.3, -0.25) is 9.78 Å². The van der Waals surface area contributed by atoms with Gasteiger partial charge in [0.05, 0.1) is 24.8 Å². The summed E-state index contributed by atoms with van der Waals surface area (Å²) in [5.41, 5.74) is 0.133. The van der Waals surface area contributed by atoms with E-state index in [4.69, 9.17) is 5.11 Å². The van der Waals surface area contributed by atoms with Crippen LogP contribution in [0, 0.1) is 6.92 Å². The van der Waals surface area contributed by atoms with E-state index in [-0.39, 0.29) is 18.1 Å². The largest absolute Gasteiger partial charge is 0.494 e. The van der Waals surface area contributed by atoms with Crippen LogP contribution in [0.15, 0.2) is 10.9 Å². The maximum atomic E-state index is 11.7. The van der Waals surface area contributed by atoms with Crippen LogP contribution in [0.1, 0.15) is 17.2 Å². The lowest BCUT2D eigenvalue weighted by Gasteiger charge is -2.16. The van der Waals surface area contributed by atoms with Crippen LogP contribution < -0.4 is 10.9 Å². The molecule has 1 saturated heterocycles. The molecule has 100 valence electrons. The van der Waals surface area contributed by atoms with Crippen LogP contribution in [-0.2, 0) is 0 Å². The van der Waals surface area contributed by atoms with Gasteiger partial charge in [0, 0.05) is 11.1 Å². The van der Waals surface area contributed by atoms with Gasteiger partial charge in [0.1, 0.15) is 6.10 Å². The summed E-state index contributed by atoms with van der Waals surface area (Å²) in [6, 6.07) is -0.0136. The average Bonchev–Trinajstić information content (AvgIpc) is 2.61. The minimum Gasteiger partial charge on any atom is -0.494 e. The molecular weight excluding hydrogens is 240 g/mol. The minimum atomic E-state index is -1.19. The third-order valence-corrected chi connectivity index (χ3v) is 3.27. The van der Waals surface area contributed by atoms with E-state index in [9.17, 15) is 20.1 Å². The normalized spacial score (nSPS) is 31.8. The summed E-state index contributed by atoms with van der Waals surface area (Å²) in [5, 5.41) is 40.7. The van der Waals surface area contributed by atoms with Gasteiger partial charge in [0.15, 0.2) is 5.88 Å². The highest BCUT2D eigenvalue weighted by atomic mass is 16.3. The molecule has 2 heterocycles. The molecular formula is C11H16N2O5. The fraction of sp³-hybridized carbons (Fsp3) is 0.545. The number of aromatic hydroxyl groups is 1. The topological polar surface area (TPSA) is 126 Å². The van der Waals surface area contributed by atoms with Crippen LogP contribution in [0.4, 0.5) is 0 Å². The standard InChI is InChI=1S/C11H16N2O5/c1-4-2-5(11(18)13-10(4)17)7-9(16)8(15)6(3-14)12-7/h2,6-9,12,14-16H,3H2,1H3,(H2,13,17,18). The Morgan fingerprint density at radius 1 is 1.33 bits per heavy atom. The Morgan fingerprint density at radius 3 is 2.56 bits per heavy atom. The van der Waals surface area contributed by atoms with Crippen LogP contribution in [0.3, 0.4) is 0 Å². The zero-order valence-corrected chi connectivity index (χ0v) is 9.79. The number of hydrogen-bond donors (Lipinski definition) is 6. The first-order valence-corrected chi connectivity index (χ1v) is 5.61. The van der Waals surface area contributed by atoms with Crippen molar-refractivity contribution in [2.75, 3.05) is 6.61 Å². The Labute approximate surface area is 103 Å². The van der Waals surface area contributed by atoms with Gasteiger partial charge >= 0.3 is 0 Å². The van der Waals surface area contributed by atoms with E-state index in [1.165, 1.54) is 6.07 Å². The molecule has 4 atom stereocenters. The van der Waals surface area contributed by atoms with E-state index >= 15 is 0 Å². The molecule has 1 aromatic rings. The summed E-state index contributed by atoms with van der Waals surface area (Å²) < 4.78 is 0. The third kappa shape index (κ3) is 2.01. The van der Waals surface area contributed by atoms with E-state index < -0.39 is 29.9 Å². The van der Waals surface area contributed by atoms with Crippen LogP contribution in [0.5, 0.6) is 5.88 Å². The van der Waals surface area contributed by atoms with Crippen LogP contribution in [0.25, 0.3) is 0 Å². The van der Waals surface area contributed by atoms with Gasteiger partial charge in [-0.05, 0) is 13.0 Å². The van der Waals surface area contributed by atoms with Crippen molar-refractivity contribution >= 4 is 0 Å². The monoisotopic (exact) mass is 256 g/mol. The molecule has 7 heteroatoms. The van der Waals surface area contributed by atoms with Crippen molar-refractivity contribution < 1.29 is 20.4 Å².